The summed E-state index contributed by atoms with van der Waals surface area (Å²) in [5, 5.41) is 0. The summed E-state index contributed by atoms with van der Waals surface area (Å²) in [6.45, 7) is 12.1. The highest BCUT2D eigenvalue weighted by molar-refractivity contribution is 5.76. The van der Waals surface area contributed by atoms with Gasteiger partial charge in [0, 0.05) is 17.0 Å². The van der Waals surface area contributed by atoms with Gasteiger partial charge in [-0.3, -0.25) is 4.79 Å². The standard InChI is InChI=1S/C26H36N2O3/c1-17-6-4-8-19(14-17)28-12-10-27(11-13-28)16-20-22-21(30-24(20)29)15-25(3)9-5-7-18(2)26(25)23(22)31-26/h4,6,8,14,18,20-23H,5,7,9-13,15-16H2,1-3H3/p+1/t18-,20+,21+,22+,23+,25+,26+/m0/s1. The highest BCUT2D eigenvalue weighted by Gasteiger charge is 2.78. The van der Waals surface area contributed by atoms with Crippen LogP contribution in [0.1, 0.15) is 45.1 Å². The first-order valence-electron chi connectivity index (χ1n) is 12.4. The maximum atomic E-state index is 13.0. The number of fused-ring (bicyclic) bond motifs is 2. The Kier molecular flexibility index (Phi) is 4.50. The number of nitrogens with zero attached hydrogens (tertiary/aromatic N) is 1. The van der Waals surface area contributed by atoms with Gasteiger partial charge in [-0.05, 0) is 49.8 Å². The lowest BCUT2D eigenvalue weighted by Gasteiger charge is -2.48. The van der Waals surface area contributed by atoms with Crippen LogP contribution < -0.4 is 9.80 Å². The van der Waals surface area contributed by atoms with Gasteiger partial charge in [0.05, 0.1) is 38.8 Å². The second kappa shape index (κ2) is 6.95. The van der Waals surface area contributed by atoms with E-state index in [0.717, 1.165) is 39.1 Å². The third-order valence-electron chi connectivity index (χ3n) is 9.54. The number of hydrogen-bond acceptors (Lipinski definition) is 4. The summed E-state index contributed by atoms with van der Waals surface area (Å²) in [4.78, 5) is 17.0. The van der Waals surface area contributed by atoms with E-state index in [2.05, 4.69) is 49.9 Å². The monoisotopic (exact) mass is 425 g/mol. The first kappa shape index (κ1) is 20.0. The molecule has 6 rings (SSSR count). The van der Waals surface area contributed by atoms with E-state index in [0.29, 0.717) is 5.92 Å². The normalized spacial score (nSPS) is 44.3. The lowest BCUT2D eigenvalue weighted by Crippen LogP contribution is -3.15. The van der Waals surface area contributed by atoms with Gasteiger partial charge in [-0.15, -0.1) is 0 Å². The van der Waals surface area contributed by atoms with E-state index >= 15 is 0 Å². The second-order valence-electron chi connectivity index (χ2n) is 11.3. The van der Waals surface area contributed by atoms with Crippen LogP contribution >= 0.6 is 0 Å². The Bertz CT molecular complexity index is 881. The van der Waals surface area contributed by atoms with Crippen molar-refractivity contribution in [1.82, 2.24) is 0 Å². The Hall–Kier alpha value is -1.59. The summed E-state index contributed by atoms with van der Waals surface area (Å²) in [6.07, 6.45) is 5.05. The summed E-state index contributed by atoms with van der Waals surface area (Å²) in [5.74, 6) is 0.917. The molecule has 5 aliphatic rings. The first-order chi connectivity index (χ1) is 14.9. The van der Waals surface area contributed by atoms with Gasteiger partial charge in [-0.2, -0.15) is 0 Å². The van der Waals surface area contributed by atoms with Crippen LogP contribution in [0.25, 0.3) is 0 Å². The van der Waals surface area contributed by atoms with Gasteiger partial charge in [-0.1, -0.05) is 32.4 Å². The van der Waals surface area contributed by atoms with Crippen molar-refractivity contribution in [1.29, 1.82) is 0 Å². The minimum absolute atomic E-state index is 0.00794. The molecule has 3 saturated heterocycles. The Balaban J connectivity index is 1.14. The van der Waals surface area contributed by atoms with Crippen molar-refractivity contribution in [3.8, 4) is 0 Å². The van der Waals surface area contributed by atoms with Crippen LogP contribution in [-0.2, 0) is 14.3 Å². The molecule has 5 nitrogen and oxygen atoms in total. The van der Waals surface area contributed by atoms with Crippen LogP contribution in [0.5, 0.6) is 0 Å². The average molecular weight is 426 g/mol. The van der Waals surface area contributed by atoms with Crippen LogP contribution in [-0.4, -0.2) is 56.5 Å². The van der Waals surface area contributed by atoms with Crippen LogP contribution in [0.3, 0.4) is 0 Å². The molecule has 3 heterocycles. The molecule has 2 saturated carbocycles. The number of carbonyl (C=O) groups excluding carboxylic acids is 1. The third-order valence-corrected chi connectivity index (χ3v) is 9.54. The number of benzene rings is 1. The van der Waals surface area contributed by atoms with Gasteiger partial charge in [0.1, 0.15) is 17.6 Å². The minimum atomic E-state index is 0.00794. The van der Waals surface area contributed by atoms with Gasteiger partial charge in [0.2, 0.25) is 0 Å². The van der Waals surface area contributed by atoms with Crippen molar-refractivity contribution >= 4 is 11.7 Å². The largest absolute Gasteiger partial charge is 0.462 e. The van der Waals surface area contributed by atoms with Gasteiger partial charge in [0.15, 0.2) is 0 Å². The minimum Gasteiger partial charge on any atom is -0.462 e. The number of epoxide rings is 1. The van der Waals surface area contributed by atoms with E-state index in [9.17, 15) is 4.79 Å². The number of hydrogen-bond donors (Lipinski definition) is 1. The quantitative estimate of drug-likeness (QED) is 0.596. The van der Waals surface area contributed by atoms with Gasteiger partial charge < -0.3 is 19.3 Å². The van der Waals surface area contributed by atoms with Crippen molar-refractivity contribution in [2.75, 3.05) is 37.6 Å². The summed E-state index contributed by atoms with van der Waals surface area (Å²) < 4.78 is 12.6. The second-order valence-corrected chi connectivity index (χ2v) is 11.3. The highest BCUT2D eigenvalue weighted by atomic mass is 16.6. The molecule has 0 unspecified atom stereocenters. The number of nitrogens with one attached hydrogen (secondary N) is 1. The first-order valence-corrected chi connectivity index (χ1v) is 12.4. The zero-order valence-electron chi connectivity index (χ0n) is 19.2. The zero-order chi connectivity index (χ0) is 21.4. The lowest BCUT2D eigenvalue weighted by atomic mass is 9.53. The molecule has 7 atom stereocenters. The molecule has 1 aromatic rings. The molecule has 31 heavy (non-hydrogen) atoms. The number of aryl methyl sites for hydroxylation is 1. The SMILES string of the molecule is Cc1cccc(N2CC[NH+](C[C@H]3C(=O)O[C@@H]4C[C@@]5(C)CCC[C@H](C)[C@]56O[C@@H]6[C@@H]43)CC2)c1. The zero-order valence-corrected chi connectivity index (χ0v) is 19.2. The predicted molar refractivity (Wildman–Crippen MR) is 119 cm³/mol. The number of piperazine rings is 1. The van der Waals surface area contributed by atoms with Crippen molar-refractivity contribution in [3.05, 3.63) is 29.8 Å². The fourth-order valence-electron chi connectivity index (χ4n) is 7.89. The molecule has 2 aliphatic carbocycles. The molecule has 5 heteroatoms. The molecular formula is C26H37N2O3+. The Morgan fingerprint density at radius 2 is 2.06 bits per heavy atom. The molecule has 0 radical (unpaired) electrons. The molecule has 0 aromatic heterocycles. The molecule has 168 valence electrons. The van der Waals surface area contributed by atoms with E-state index in [1.807, 2.05) is 0 Å². The van der Waals surface area contributed by atoms with Gasteiger partial charge in [-0.25, -0.2) is 0 Å². The summed E-state index contributed by atoms with van der Waals surface area (Å²) in [7, 11) is 0. The van der Waals surface area contributed by atoms with Crippen molar-refractivity contribution in [2.24, 2.45) is 23.2 Å². The van der Waals surface area contributed by atoms with E-state index < -0.39 is 0 Å². The molecule has 1 spiro atoms. The molecule has 1 N–H and O–H groups in total. The summed E-state index contributed by atoms with van der Waals surface area (Å²) in [6, 6.07) is 8.79. The summed E-state index contributed by atoms with van der Waals surface area (Å²) >= 11 is 0. The Morgan fingerprint density at radius 1 is 1.26 bits per heavy atom. The van der Waals surface area contributed by atoms with Crippen molar-refractivity contribution < 1.29 is 19.2 Å². The molecule has 0 amide bonds. The smallest absolute Gasteiger partial charge is 0.315 e. The maximum absolute atomic E-state index is 13.0. The van der Waals surface area contributed by atoms with E-state index in [-0.39, 0.29) is 41.0 Å². The fourth-order valence-corrected chi connectivity index (χ4v) is 7.89. The molecule has 3 aliphatic heterocycles. The van der Waals surface area contributed by atoms with Crippen LogP contribution in [0.15, 0.2) is 24.3 Å². The number of quaternary nitrogens is 1. The highest BCUT2D eigenvalue weighted by Crippen LogP contribution is 2.70. The number of esters is 1. The number of ether oxygens (including phenoxy) is 2. The Labute approximate surface area is 186 Å². The third kappa shape index (κ3) is 2.92. The molecule has 5 fully saturated rings. The lowest BCUT2D eigenvalue weighted by molar-refractivity contribution is -0.903. The van der Waals surface area contributed by atoms with Crippen LogP contribution in [0.2, 0.25) is 0 Å². The molecular weight excluding hydrogens is 388 g/mol. The van der Waals surface area contributed by atoms with Crippen molar-refractivity contribution in [2.45, 2.75) is 64.3 Å². The molecule has 1 aromatic carbocycles. The van der Waals surface area contributed by atoms with Crippen molar-refractivity contribution in [3.63, 3.8) is 0 Å². The average Bonchev–Trinajstić information content (AvgIpc) is 3.43. The Morgan fingerprint density at radius 3 is 2.84 bits per heavy atom. The van der Waals surface area contributed by atoms with E-state index in [1.165, 1.54) is 30.5 Å². The fraction of sp³-hybridized carbons (Fsp3) is 0.731. The van der Waals surface area contributed by atoms with Gasteiger partial charge in [0.25, 0.3) is 0 Å². The predicted octanol–water partition coefficient (Wildman–Crippen LogP) is 2.23. The van der Waals surface area contributed by atoms with Crippen LogP contribution in [0, 0.1) is 30.1 Å². The summed E-state index contributed by atoms with van der Waals surface area (Å²) in [5.41, 5.74) is 2.83. The molecule has 0 bridgehead atoms. The van der Waals surface area contributed by atoms with E-state index in [1.54, 1.807) is 4.90 Å². The number of carbonyl (C=O) groups is 1. The number of anilines is 1. The topological polar surface area (TPSA) is 46.5 Å². The van der Waals surface area contributed by atoms with Crippen LogP contribution in [0.4, 0.5) is 5.69 Å². The van der Waals surface area contributed by atoms with Gasteiger partial charge >= 0.3 is 5.97 Å². The number of rotatable bonds is 3. The maximum Gasteiger partial charge on any atom is 0.315 e. The van der Waals surface area contributed by atoms with E-state index in [4.69, 9.17) is 9.47 Å².